The SMILES string of the molecule is CCOP(=O)(C#C[C@]1(O)CC[C@H]2C3CCC4=CC(=O)CCC4=C3[C@@H](c3ccc(SC)cc3)C[C@@]21C)OCC. The van der Waals surface area contributed by atoms with Crippen molar-refractivity contribution in [1.82, 2.24) is 0 Å². The van der Waals surface area contributed by atoms with E-state index in [0.717, 1.165) is 32.1 Å². The van der Waals surface area contributed by atoms with Gasteiger partial charge in [0.25, 0.3) is 0 Å². The number of aliphatic hydroxyl groups is 1. The van der Waals surface area contributed by atoms with E-state index in [0.29, 0.717) is 18.8 Å². The van der Waals surface area contributed by atoms with Crippen LogP contribution in [0, 0.1) is 28.8 Å². The molecule has 7 heteroatoms. The van der Waals surface area contributed by atoms with Gasteiger partial charge in [0.05, 0.1) is 13.2 Å². The molecule has 0 saturated heterocycles. The number of carbonyl (C=O) groups excluding carboxylic acids is 1. The van der Waals surface area contributed by atoms with Crippen LogP contribution in [0.15, 0.2) is 52.0 Å². The molecule has 1 aromatic carbocycles. The Bertz CT molecular complexity index is 1260. The quantitative estimate of drug-likeness (QED) is 0.227. The molecular formula is C31H39O5PS. The van der Waals surface area contributed by atoms with Crippen LogP contribution in [0.3, 0.4) is 0 Å². The average molecular weight is 555 g/mol. The summed E-state index contributed by atoms with van der Waals surface area (Å²) in [5.74, 6) is 4.05. The molecule has 0 bridgehead atoms. The average Bonchev–Trinajstić information content (AvgIpc) is 3.17. The molecule has 0 spiro atoms. The number of rotatable bonds is 6. The Morgan fingerprint density at radius 1 is 1.11 bits per heavy atom. The summed E-state index contributed by atoms with van der Waals surface area (Å²) < 4.78 is 24.0. The van der Waals surface area contributed by atoms with E-state index in [2.05, 4.69) is 49.0 Å². The van der Waals surface area contributed by atoms with E-state index in [-0.39, 0.29) is 30.8 Å². The summed E-state index contributed by atoms with van der Waals surface area (Å²) in [6.07, 6.45) is 9.42. The third kappa shape index (κ3) is 4.80. The van der Waals surface area contributed by atoms with Crippen LogP contribution < -0.4 is 0 Å². The minimum absolute atomic E-state index is 0.140. The molecule has 0 radical (unpaired) electrons. The molecule has 1 N–H and O–H groups in total. The number of carbonyl (C=O) groups is 1. The zero-order chi connectivity index (χ0) is 27.1. The number of thioether (sulfide) groups is 1. The highest BCUT2D eigenvalue weighted by molar-refractivity contribution is 7.98. The van der Waals surface area contributed by atoms with Gasteiger partial charge in [0, 0.05) is 28.3 Å². The van der Waals surface area contributed by atoms with Gasteiger partial charge in [0.1, 0.15) is 5.60 Å². The molecule has 0 aliphatic heterocycles. The Labute approximate surface area is 231 Å². The molecule has 1 unspecified atom stereocenters. The molecule has 5 rings (SSSR count). The van der Waals surface area contributed by atoms with Gasteiger partial charge in [0.2, 0.25) is 0 Å². The number of fused-ring (bicyclic) bond motifs is 4. The van der Waals surface area contributed by atoms with Crippen LogP contribution >= 0.6 is 19.4 Å². The maximum atomic E-state index is 13.2. The fourth-order valence-electron chi connectivity index (χ4n) is 7.61. The summed E-state index contributed by atoms with van der Waals surface area (Å²) in [4.78, 5) is 13.5. The molecule has 0 amide bonds. The molecule has 0 heterocycles. The van der Waals surface area contributed by atoms with E-state index in [9.17, 15) is 14.5 Å². The summed E-state index contributed by atoms with van der Waals surface area (Å²) in [6, 6.07) is 8.82. The Morgan fingerprint density at radius 3 is 2.47 bits per heavy atom. The number of hydrogen-bond acceptors (Lipinski definition) is 6. The summed E-state index contributed by atoms with van der Waals surface area (Å²) in [6.45, 7) is 6.18. The zero-order valence-corrected chi connectivity index (χ0v) is 24.6. The maximum Gasteiger partial charge on any atom is 0.405 e. The number of hydrogen-bond donors (Lipinski definition) is 1. The first-order chi connectivity index (χ1) is 18.2. The van der Waals surface area contributed by atoms with E-state index in [1.807, 2.05) is 6.08 Å². The highest BCUT2D eigenvalue weighted by atomic mass is 32.2. The predicted octanol–water partition coefficient (Wildman–Crippen LogP) is 7.27. The lowest BCUT2D eigenvalue weighted by atomic mass is 9.51. The second-order valence-electron chi connectivity index (χ2n) is 11.2. The van der Waals surface area contributed by atoms with Crippen molar-refractivity contribution in [2.24, 2.45) is 17.3 Å². The summed E-state index contributed by atoms with van der Waals surface area (Å²) in [5.41, 5.74) is 6.37. The second kappa shape index (κ2) is 10.8. The molecular weight excluding hydrogens is 515 g/mol. The fourth-order valence-corrected chi connectivity index (χ4v) is 9.22. The molecule has 5 nitrogen and oxygen atoms in total. The van der Waals surface area contributed by atoms with Gasteiger partial charge >= 0.3 is 7.60 Å². The summed E-state index contributed by atoms with van der Waals surface area (Å²) >= 11 is 1.73. The first kappa shape index (κ1) is 27.9. The van der Waals surface area contributed by atoms with Gasteiger partial charge in [-0.3, -0.25) is 13.8 Å². The van der Waals surface area contributed by atoms with Gasteiger partial charge in [-0.2, -0.15) is 0 Å². The van der Waals surface area contributed by atoms with Crippen molar-refractivity contribution in [3.8, 4) is 11.6 Å². The van der Waals surface area contributed by atoms with Gasteiger partial charge in [-0.15, -0.1) is 11.8 Å². The molecule has 2 fully saturated rings. The van der Waals surface area contributed by atoms with Gasteiger partial charge in [0.15, 0.2) is 5.78 Å². The number of benzene rings is 1. The lowest BCUT2D eigenvalue weighted by molar-refractivity contribution is -0.114. The van der Waals surface area contributed by atoms with Crippen molar-refractivity contribution < 1.29 is 23.5 Å². The Hall–Kier alpha value is -1.61. The van der Waals surface area contributed by atoms with Crippen molar-refractivity contribution in [1.29, 1.82) is 0 Å². The Kier molecular flexibility index (Phi) is 7.91. The lowest BCUT2D eigenvalue weighted by Crippen LogP contribution is -2.51. The Balaban J connectivity index is 1.61. The third-order valence-corrected chi connectivity index (χ3v) is 11.7. The van der Waals surface area contributed by atoms with Crippen LogP contribution in [0.1, 0.15) is 77.2 Å². The third-order valence-electron chi connectivity index (χ3n) is 9.40. The molecule has 38 heavy (non-hydrogen) atoms. The van der Waals surface area contributed by atoms with Crippen LogP contribution in [-0.2, 0) is 18.4 Å². The Morgan fingerprint density at radius 2 is 1.82 bits per heavy atom. The van der Waals surface area contributed by atoms with E-state index < -0.39 is 18.6 Å². The first-order valence-electron chi connectivity index (χ1n) is 13.9. The summed E-state index contributed by atoms with van der Waals surface area (Å²) in [5, 5.41) is 12.2. The van der Waals surface area contributed by atoms with Crippen molar-refractivity contribution in [3.05, 3.63) is 52.6 Å². The molecule has 204 valence electrons. The molecule has 4 aliphatic rings. The van der Waals surface area contributed by atoms with Gasteiger partial charge in [-0.25, -0.2) is 4.57 Å². The van der Waals surface area contributed by atoms with Crippen LogP contribution in [-0.4, -0.2) is 36.0 Å². The zero-order valence-electron chi connectivity index (χ0n) is 22.9. The van der Waals surface area contributed by atoms with Crippen LogP contribution in [0.5, 0.6) is 0 Å². The van der Waals surface area contributed by atoms with Crippen LogP contribution in [0.25, 0.3) is 0 Å². The number of ketones is 1. The molecule has 0 aromatic heterocycles. The van der Waals surface area contributed by atoms with E-state index >= 15 is 0 Å². The van der Waals surface area contributed by atoms with Crippen molar-refractivity contribution in [2.45, 2.75) is 82.1 Å². The molecule has 1 aromatic rings. The second-order valence-corrected chi connectivity index (χ2v) is 13.9. The van der Waals surface area contributed by atoms with E-state index in [1.54, 1.807) is 25.6 Å². The van der Waals surface area contributed by atoms with Crippen molar-refractivity contribution in [3.63, 3.8) is 0 Å². The highest BCUT2D eigenvalue weighted by Gasteiger charge is 2.62. The van der Waals surface area contributed by atoms with Crippen molar-refractivity contribution >= 4 is 25.1 Å². The molecule has 5 atom stereocenters. The van der Waals surface area contributed by atoms with Gasteiger partial charge in [-0.05, 0) is 105 Å². The lowest BCUT2D eigenvalue weighted by Gasteiger charge is -2.53. The minimum atomic E-state index is -3.60. The molecule has 2 saturated carbocycles. The van der Waals surface area contributed by atoms with Crippen LogP contribution in [0.2, 0.25) is 0 Å². The maximum absolute atomic E-state index is 13.2. The number of allylic oxidation sites excluding steroid dienone is 4. The largest absolute Gasteiger partial charge is 0.405 e. The van der Waals surface area contributed by atoms with Crippen LogP contribution in [0.4, 0.5) is 0 Å². The smallest absolute Gasteiger partial charge is 0.377 e. The fraction of sp³-hybridized carbons (Fsp3) is 0.581. The van der Waals surface area contributed by atoms with Crippen molar-refractivity contribution in [2.75, 3.05) is 19.5 Å². The monoisotopic (exact) mass is 554 g/mol. The predicted molar refractivity (Wildman–Crippen MR) is 152 cm³/mol. The van der Waals surface area contributed by atoms with Gasteiger partial charge in [-0.1, -0.05) is 30.6 Å². The summed E-state index contributed by atoms with van der Waals surface area (Å²) in [7, 11) is -3.60. The van der Waals surface area contributed by atoms with Gasteiger partial charge < -0.3 is 5.11 Å². The van der Waals surface area contributed by atoms with E-state index in [1.165, 1.54) is 27.2 Å². The normalized spacial score (nSPS) is 32.6. The van der Waals surface area contributed by atoms with E-state index in [4.69, 9.17) is 9.05 Å². The topological polar surface area (TPSA) is 72.8 Å². The molecule has 4 aliphatic carbocycles. The standard InChI is InChI=1S/C31H39O5PS/c1-5-35-37(34,36-6-2)18-17-31(33)16-15-28-26-13-9-22-19-23(32)10-14-25(22)29(26)27(20-30(28,31)3)21-7-11-24(38-4)12-8-21/h7-8,11-12,19,26-28,33H,5-6,9-10,13-16,20H2,1-4H3/t26?,27-,28+,30+,31-/m1/s1. The minimum Gasteiger partial charge on any atom is -0.377 e. The first-order valence-corrected chi connectivity index (χ1v) is 16.7. The highest BCUT2D eigenvalue weighted by Crippen LogP contribution is 2.67.